The van der Waals surface area contributed by atoms with E-state index in [4.69, 9.17) is 0 Å². The first-order chi connectivity index (χ1) is 15.9. The van der Waals surface area contributed by atoms with E-state index < -0.39 is 11.6 Å². The number of urea groups is 1. The van der Waals surface area contributed by atoms with Gasteiger partial charge in [0.05, 0.1) is 6.54 Å². The predicted octanol–water partition coefficient (Wildman–Crippen LogP) is 4.57. The smallest absolute Gasteiger partial charge is 0.325 e. The van der Waals surface area contributed by atoms with Gasteiger partial charge in [-0.25, -0.2) is 4.79 Å². The van der Waals surface area contributed by atoms with Gasteiger partial charge in [0.15, 0.2) is 5.78 Å². The Morgan fingerprint density at radius 2 is 1.94 bits per heavy atom. The van der Waals surface area contributed by atoms with Gasteiger partial charge in [0.1, 0.15) is 5.54 Å². The number of hydrogen-bond acceptors (Lipinski definition) is 3. The van der Waals surface area contributed by atoms with E-state index in [0.717, 1.165) is 46.8 Å². The summed E-state index contributed by atoms with van der Waals surface area (Å²) in [6.07, 6.45) is 9.50. The molecular formula is C27H31N3O3. The van der Waals surface area contributed by atoms with Crippen molar-refractivity contribution in [1.82, 2.24) is 14.8 Å². The fourth-order valence-corrected chi connectivity index (χ4v) is 5.78. The summed E-state index contributed by atoms with van der Waals surface area (Å²) in [5.41, 5.74) is 4.94. The molecule has 0 unspecified atom stereocenters. The van der Waals surface area contributed by atoms with Gasteiger partial charge in [-0.05, 0) is 76.0 Å². The summed E-state index contributed by atoms with van der Waals surface area (Å²) >= 11 is 0. The highest BCUT2D eigenvalue weighted by molar-refractivity contribution is 6.12. The number of rotatable bonds is 6. The third kappa shape index (κ3) is 3.62. The van der Waals surface area contributed by atoms with Gasteiger partial charge < -0.3 is 9.88 Å². The lowest BCUT2D eigenvalue weighted by atomic mass is 9.92. The van der Waals surface area contributed by atoms with Crippen LogP contribution in [0.3, 0.4) is 0 Å². The zero-order valence-electron chi connectivity index (χ0n) is 19.4. The molecule has 0 bridgehead atoms. The summed E-state index contributed by atoms with van der Waals surface area (Å²) in [7, 11) is 0. The van der Waals surface area contributed by atoms with Crippen molar-refractivity contribution in [1.29, 1.82) is 0 Å². The molecule has 1 atom stereocenters. The average molecular weight is 446 g/mol. The Kier molecular flexibility index (Phi) is 5.47. The number of benzene rings is 1. The second-order valence-corrected chi connectivity index (χ2v) is 9.60. The quantitative estimate of drug-likeness (QED) is 0.402. The van der Waals surface area contributed by atoms with Crippen molar-refractivity contribution in [3.8, 4) is 0 Å². The number of Topliss-reactive ketones (excluding diaryl/α,β-unsaturated/α-hetero) is 1. The molecule has 6 nitrogen and oxygen atoms in total. The molecule has 1 aromatic carbocycles. The van der Waals surface area contributed by atoms with Crippen LogP contribution in [0, 0.1) is 13.8 Å². The van der Waals surface area contributed by atoms with E-state index in [2.05, 4.69) is 16.0 Å². The van der Waals surface area contributed by atoms with Crippen LogP contribution in [-0.4, -0.2) is 33.7 Å². The lowest BCUT2D eigenvalue weighted by Crippen LogP contribution is -2.42. The lowest BCUT2D eigenvalue weighted by molar-refractivity contribution is -0.131. The second kappa shape index (κ2) is 8.32. The van der Waals surface area contributed by atoms with Crippen LogP contribution >= 0.6 is 0 Å². The fraction of sp³-hybridized carbons (Fsp3) is 0.444. The van der Waals surface area contributed by atoms with Crippen LogP contribution < -0.4 is 5.32 Å². The van der Waals surface area contributed by atoms with Crippen LogP contribution in [0.2, 0.25) is 0 Å². The fourth-order valence-electron chi connectivity index (χ4n) is 5.78. The number of nitrogens with zero attached hydrogens (tertiary/aromatic N) is 2. The van der Waals surface area contributed by atoms with Crippen molar-refractivity contribution in [3.05, 3.63) is 70.1 Å². The summed E-state index contributed by atoms with van der Waals surface area (Å²) in [5.74, 6) is -0.512. The van der Waals surface area contributed by atoms with Crippen molar-refractivity contribution < 1.29 is 14.4 Å². The minimum absolute atomic E-state index is 0.196. The SMILES string of the molecule is Cc1cc(C(=O)CN2C(=O)N[C@]3(CCc4ccccc43)C2=O)c(C)n1CCC1=CCCCC1. The van der Waals surface area contributed by atoms with Gasteiger partial charge in [0.25, 0.3) is 5.91 Å². The summed E-state index contributed by atoms with van der Waals surface area (Å²) in [5, 5.41) is 2.90. The molecule has 3 amide bonds. The Hall–Kier alpha value is -3.15. The zero-order chi connectivity index (χ0) is 23.2. The molecule has 6 heteroatoms. The largest absolute Gasteiger partial charge is 0.348 e. The van der Waals surface area contributed by atoms with Crippen molar-refractivity contribution in [2.45, 2.75) is 70.9 Å². The van der Waals surface area contributed by atoms with Gasteiger partial charge in [-0.1, -0.05) is 35.9 Å². The molecule has 1 saturated heterocycles. The van der Waals surface area contributed by atoms with Crippen molar-refractivity contribution in [2.75, 3.05) is 6.54 Å². The molecule has 2 heterocycles. The van der Waals surface area contributed by atoms with Crippen molar-refractivity contribution in [3.63, 3.8) is 0 Å². The molecule has 0 radical (unpaired) electrons. The van der Waals surface area contributed by atoms with Gasteiger partial charge in [-0.3, -0.25) is 14.5 Å². The summed E-state index contributed by atoms with van der Waals surface area (Å²) in [4.78, 5) is 40.5. The van der Waals surface area contributed by atoms with E-state index >= 15 is 0 Å². The van der Waals surface area contributed by atoms with E-state index in [1.165, 1.54) is 31.3 Å². The van der Waals surface area contributed by atoms with Gasteiger partial charge >= 0.3 is 6.03 Å². The highest BCUT2D eigenvalue weighted by Crippen LogP contribution is 2.41. The number of nitrogens with one attached hydrogen (secondary N) is 1. The third-order valence-electron chi connectivity index (χ3n) is 7.64. The minimum atomic E-state index is -1.03. The van der Waals surface area contributed by atoms with Crippen LogP contribution in [0.4, 0.5) is 4.79 Å². The molecule has 33 heavy (non-hydrogen) atoms. The molecule has 0 saturated carbocycles. The third-order valence-corrected chi connectivity index (χ3v) is 7.64. The van der Waals surface area contributed by atoms with Crippen LogP contribution in [0.15, 0.2) is 42.0 Å². The van der Waals surface area contributed by atoms with E-state index in [-0.39, 0.29) is 18.2 Å². The Balaban J connectivity index is 1.32. The first-order valence-electron chi connectivity index (χ1n) is 12.0. The summed E-state index contributed by atoms with van der Waals surface area (Å²) in [6.45, 7) is 4.58. The molecule has 2 aliphatic carbocycles. The Bertz CT molecular complexity index is 1180. The van der Waals surface area contributed by atoms with Crippen molar-refractivity contribution >= 4 is 17.7 Å². The van der Waals surface area contributed by atoms with Crippen LogP contribution in [0.1, 0.15) is 71.4 Å². The molecule has 1 spiro atoms. The van der Waals surface area contributed by atoms with Gasteiger partial charge in [0.2, 0.25) is 0 Å². The number of hydrogen-bond donors (Lipinski definition) is 1. The molecule has 1 aromatic heterocycles. The van der Waals surface area contributed by atoms with E-state index in [0.29, 0.717) is 12.0 Å². The number of carbonyl (C=O) groups excluding carboxylic acids is 3. The summed E-state index contributed by atoms with van der Waals surface area (Å²) in [6, 6.07) is 9.14. The standard InChI is InChI=1S/C27H31N3O3/c1-18-16-22(19(2)29(18)15-13-20-8-4-3-5-9-20)24(31)17-30-25(32)27(28-26(30)33)14-12-21-10-6-7-11-23(21)27/h6-8,10-11,16H,3-5,9,12-15,17H2,1-2H3,(H,28,33)/t27-/m0/s1. The highest BCUT2D eigenvalue weighted by Gasteiger charge is 2.55. The minimum Gasteiger partial charge on any atom is -0.348 e. The van der Waals surface area contributed by atoms with Crippen LogP contribution in [0.25, 0.3) is 0 Å². The number of amides is 3. The van der Waals surface area contributed by atoms with Crippen LogP contribution in [0.5, 0.6) is 0 Å². The first kappa shape index (κ1) is 21.7. The Morgan fingerprint density at radius 1 is 1.12 bits per heavy atom. The monoisotopic (exact) mass is 445 g/mol. The molecule has 1 aliphatic heterocycles. The predicted molar refractivity (Wildman–Crippen MR) is 126 cm³/mol. The van der Waals surface area contributed by atoms with E-state index in [1.54, 1.807) is 0 Å². The summed E-state index contributed by atoms with van der Waals surface area (Å²) < 4.78 is 2.18. The van der Waals surface area contributed by atoms with Gasteiger partial charge in [-0.15, -0.1) is 0 Å². The van der Waals surface area contributed by atoms with Crippen LogP contribution in [-0.2, 0) is 23.3 Å². The maximum atomic E-state index is 13.4. The van der Waals surface area contributed by atoms with Gasteiger partial charge in [0, 0.05) is 23.5 Å². The van der Waals surface area contributed by atoms with Gasteiger partial charge in [-0.2, -0.15) is 0 Å². The molecule has 1 fully saturated rings. The number of aromatic nitrogens is 1. The van der Waals surface area contributed by atoms with Crippen molar-refractivity contribution in [2.24, 2.45) is 0 Å². The average Bonchev–Trinajstić information content (AvgIpc) is 3.41. The number of fused-ring (bicyclic) bond motifs is 2. The van der Waals surface area contributed by atoms with E-state index in [9.17, 15) is 14.4 Å². The normalized spacial score (nSPS) is 22.0. The molecule has 5 rings (SSSR count). The number of imide groups is 1. The lowest BCUT2D eigenvalue weighted by Gasteiger charge is -2.22. The zero-order valence-corrected chi connectivity index (χ0v) is 19.4. The molecule has 2 aromatic rings. The molecule has 3 aliphatic rings. The number of aryl methyl sites for hydroxylation is 2. The molecule has 172 valence electrons. The van der Waals surface area contributed by atoms with E-state index in [1.807, 2.05) is 44.2 Å². The number of allylic oxidation sites excluding steroid dienone is 2. The number of ketones is 1. The Morgan fingerprint density at radius 3 is 2.73 bits per heavy atom. The maximum Gasteiger partial charge on any atom is 0.325 e. The Labute approximate surface area is 194 Å². The number of carbonyl (C=O) groups is 3. The molecular weight excluding hydrogens is 414 g/mol. The first-order valence-corrected chi connectivity index (χ1v) is 12.0. The second-order valence-electron chi connectivity index (χ2n) is 9.60. The topological polar surface area (TPSA) is 71.4 Å². The maximum absolute atomic E-state index is 13.4. The molecule has 1 N–H and O–H groups in total. The highest BCUT2D eigenvalue weighted by atomic mass is 16.2.